The van der Waals surface area contributed by atoms with Crippen molar-refractivity contribution in [3.05, 3.63) is 41.6 Å². The molecule has 21 nitrogen and oxygen atoms in total. The van der Waals surface area contributed by atoms with E-state index in [1.807, 2.05) is 17.2 Å². The third-order valence-corrected chi connectivity index (χ3v) is 11.4. The van der Waals surface area contributed by atoms with Crippen molar-refractivity contribution >= 4 is 70.2 Å². The number of piperazine rings is 1. The number of nitrogens with two attached hydrogens (primary N) is 3. The number of fused-ring (bicyclic) bond motifs is 1. The molecule has 2 aromatic heterocycles. The van der Waals surface area contributed by atoms with E-state index in [1.54, 1.807) is 7.11 Å². The molecule has 1 aromatic carbocycles. The Morgan fingerprint density at radius 1 is 1.02 bits per heavy atom. The number of carboxylic acid groups (broad SMARTS) is 2. The lowest BCUT2D eigenvalue weighted by molar-refractivity contribution is -0.138. The first kappa shape index (κ1) is 50.1. The number of aliphatic imine (C=N–C) groups is 1. The van der Waals surface area contributed by atoms with Gasteiger partial charge in [-0.2, -0.15) is 10.1 Å². The molecule has 22 heteroatoms. The van der Waals surface area contributed by atoms with Crippen LogP contribution in [-0.2, 0) is 41.7 Å². The lowest BCUT2D eigenvalue weighted by Gasteiger charge is -2.35. The number of thioether (sulfide) groups is 1. The molecule has 10 N–H and O–H groups in total. The maximum absolute atomic E-state index is 12.9. The fraction of sp³-hybridized carbons (Fsp3) is 0.561. The molecule has 1 saturated heterocycles. The van der Waals surface area contributed by atoms with Crippen molar-refractivity contribution in [1.82, 2.24) is 29.7 Å². The number of benzene rings is 1. The molecule has 0 spiro atoms. The van der Waals surface area contributed by atoms with Gasteiger partial charge in [0.25, 0.3) is 0 Å². The molecule has 1 fully saturated rings. The SMILES string of the molecule is CCCCCNc1nc(N)nc2ccn(Cc3ccc(CN4CCN(C(=O)CCOCCOCCN=CC(CNC(=O)C(CC(=O)O)SCC(N)C(=O)O)=NN)CC4)cc3OC)c12. The maximum Gasteiger partial charge on any atom is 0.321 e. The average molecular weight is 899 g/mol. The molecule has 2 amide bonds. The van der Waals surface area contributed by atoms with Crippen LogP contribution in [0, 0.1) is 0 Å². The van der Waals surface area contributed by atoms with E-state index in [0.717, 1.165) is 90.9 Å². The number of hydrogen-bond acceptors (Lipinski definition) is 17. The van der Waals surface area contributed by atoms with Crippen LogP contribution < -0.4 is 32.7 Å². The van der Waals surface area contributed by atoms with Crippen LogP contribution in [0.15, 0.2) is 40.6 Å². The molecule has 2 atom stereocenters. The molecule has 3 heterocycles. The van der Waals surface area contributed by atoms with Crippen molar-refractivity contribution in [1.29, 1.82) is 0 Å². The Morgan fingerprint density at radius 2 is 1.78 bits per heavy atom. The average Bonchev–Trinajstić information content (AvgIpc) is 3.67. The number of hydrogen-bond donors (Lipinski definition) is 7. The van der Waals surface area contributed by atoms with Crippen molar-refractivity contribution in [3.63, 3.8) is 0 Å². The van der Waals surface area contributed by atoms with Crippen molar-refractivity contribution in [2.24, 2.45) is 21.7 Å². The van der Waals surface area contributed by atoms with E-state index >= 15 is 0 Å². The van der Waals surface area contributed by atoms with Gasteiger partial charge in [0.15, 0.2) is 5.82 Å². The molecule has 0 bridgehead atoms. The van der Waals surface area contributed by atoms with E-state index in [1.165, 1.54) is 6.21 Å². The number of carboxylic acids is 2. The van der Waals surface area contributed by atoms with Crippen molar-refractivity contribution < 1.29 is 43.6 Å². The van der Waals surface area contributed by atoms with E-state index in [9.17, 15) is 19.2 Å². The van der Waals surface area contributed by atoms with Gasteiger partial charge in [-0.1, -0.05) is 31.9 Å². The molecule has 0 saturated carbocycles. The number of nitrogens with zero attached hydrogens (tertiary/aromatic N) is 7. The number of carbonyl (C=O) groups is 4. The van der Waals surface area contributed by atoms with Crippen LogP contribution in [-0.4, -0.2) is 167 Å². The van der Waals surface area contributed by atoms with Gasteiger partial charge in [0.2, 0.25) is 17.8 Å². The number of hydrazone groups is 1. The highest BCUT2D eigenvalue weighted by Crippen LogP contribution is 2.28. The van der Waals surface area contributed by atoms with E-state index < -0.39 is 35.6 Å². The van der Waals surface area contributed by atoms with Crippen LogP contribution in [0.3, 0.4) is 0 Å². The van der Waals surface area contributed by atoms with Crippen LogP contribution in [0.2, 0.25) is 0 Å². The minimum atomic E-state index is -1.25. The monoisotopic (exact) mass is 898 g/mol. The number of rotatable bonds is 29. The van der Waals surface area contributed by atoms with Gasteiger partial charge in [0.05, 0.1) is 82.5 Å². The minimum absolute atomic E-state index is 0.0491. The number of unbranched alkanes of at least 4 members (excludes halogenated alkanes) is 2. The number of amides is 2. The summed E-state index contributed by atoms with van der Waals surface area (Å²) >= 11 is 0.840. The highest BCUT2D eigenvalue weighted by Gasteiger charge is 2.25. The number of nitrogen functional groups attached to an aromatic ring is 1. The maximum atomic E-state index is 12.9. The fourth-order valence-corrected chi connectivity index (χ4v) is 7.67. The molecule has 2 unspecified atom stereocenters. The van der Waals surface area contributed by atoms with E-state index in [4.69, 9.17) is 41.7 Å². The third-order valence-electron chi connectivity index (χ3n) is 10.0. The summed E-state index contributed by atoms with van der Waals surface area (Å²) in [6.07, 6.45) is 6.44. The van der Waals surface area contributed by atoms with Crippen LogP contribution in [0.25, 0.3) is 11.0 Å². The first-order chi connectivity index (χ1) is 30.4. The number of nitrogens with one attached hydrogen (secondary N) is 2. The summed E-state index contributed by atoms with van der Waals surface area (Å²) in [5, 5.41) is 26.6. The zero-order chi connectivity index (χ0) is 45.6. The smallest absolute Gasteiger partial charge is 0.321 e. The summed E-state index contributed by atoms with van der Waals surface area (Å²) in [5.74, 6) is 3.98. The van der Waals surface area contributed by atoms with Gasteiger partial charge in [-0.15, -0.1) is 11.8 Å². The standard InChI is InChI=1S/C41H62N12O9S/c1-3-4-5-10-46-38-37-32(48-41(43)49-38)8-12-53(37)26-29-7-6-28(21-33(29)60-2)25-51-13-15-52(16-14-51)35(54)9-17-61-19-20-62-18-11-45-23-30(50-44)24-47-39(57)34(22-36(55)56)63-27-31(42)40(58)59/h6-8,12,21,23,31,34H,3-5,9-11,13-20,22,24-27,42,44H2,1-2H3,(H,47,57)(H,55,56)(H,58,59)(H3,43,46,48,49). The Hall–Kier alpha value is -5.55. The number of carbonyl (C=O) groups excluding carboxylic acids is 2. The van der Waals surface area contributed by atoms with Crippen LogP contribution in [0.5, 0.6) is 5.75 Å². The molecule has 1 aliphatic heterocycles. The summed E-state index contributed by atoms with van der Waals surface area (Å²) in [7, 11) is 1.68. The first-order valence-electron chi connectivity index (χ1n) is 21.0. The van der Waals surface area contributed by atoms with E-state index in [0.29, 0.717) is 32.8 Å². The summed E-state index contributed by atoms with van der Waals surface area (Å²) in [4.78, 5) is 64.9. The minimum Gasteiger partial charge on any atom is -0.496 e. The van der Waals surface area contributed by atoms with Gasteiger partial charge in [-0.05, 0) is 24.1 Å². The van der Waals surface area contributed by atoms with Crippen molar-refractivity contribution in [3.8, 4) is 5.75 Å². The predicted molar refractivity (Wildman–Crippen MR) is 242 cm³/mol. The number of anilines is 2. The zero-order valence-corrected chi connectivity index (χ0v) is 36.9. The van der Waals surface area contributed by atoms with Crippen molar-refractivity contribution in [2.45, 2.75) is 63.4 Å². The molecule has 63 heavy (non-hydrogen) atoms. The topological polar surface area (TPSA) is 300 Å². The number of aliphatic carboxylic acids is 2. The molecule has 4 rings (SSSR count). The molecule has 1 aliphatic rings. The number of methoxy groups -OCH3 is 1. The Balaban J connectivity index is 1.09. The zero-order valence-electron chi connectivity index (χ0n) is 36.1. The highest BCUT2D eigenvalue weighted by molar-refractivity contribution is 8.00. The molecule has 0 radical (unpaired) electrons. The van der Waals surface area contributed by atoms with Gasteiger partial charge in [0.1, 0.15) is 17.3 Å². The molecule has 0 aliphatic carbocycles. The fourth-order valence-electron chi connectivity index (χ4n) is 6.60. The second kappa shape index (κ2) is 26.8. The predicted octanol–water partition coefficient (Wildman–Crippen LogP) is 1.23. The Labute approximate surface area is 371 Å². The lowest BCUT2D eigenvalue weighted by atomic mass is 10.1. The van der Waals surface area contributed by atoms with Gasteiger partial charge in [0, 0.05) is 63.0 Å². The first-order valence-corrected chi connectivity index (χ1v) is 22.0. The summed E-state index contributed by atoms with van der Waals surface area (Å²) in [6.45, 7) is 8.42. The van der Waals surface area contributed by atoms with Gasteiger partial charge in [-0.3, -0.25) is 29.1 Å². The van der Waals surface area contributed by atoms with Gasteiger partial charge in [-0.25, -0.2) is 4.98 Å². The summed E-state index contributed by atoms with van der Waals surface area (Å²) in [6, 6.07) is 7.03. The second-order valence-electron chi connectivity index (χ2n) is 14.8. The number of aromatic nitrogens is 3. The van der Waals surface area contributed by atoms with Gasteiger partial charge >= 0.3 is 11.9 Å². The summed E-state index contributed by atoms with van der Waals surface area (Å²) in [5.41, 5.74) is 15.6. The molecule has 346 valence electrons. The van der Waals surface area contributed by atoms with Crippen molar-refractivity contribution in [2.75, 3.05) is 96.2 Å². The second-order valence-corrected chi connectivity index (χ2v) is 16.0. The van der Waals surface area contributed by atoms with E-state index in [-0.39, 0.29) is 56.0 Å². The van der Waals surface area contributed by atoms with Crippen LogP contribution in [0.4, 0.5) is 11.8 Å². The highest BCUT2D eigenvalue weighted by atomic mass is 32.2. The molecular weight excluding hydrogens is 837 g/mol. The normalized spacial score (nSPS) is 14.5. The molecule has 3 aromatic rings. The number of ether oxygens (including phenoxy) is 3. The van der Waals surface area contributed by atoms with Crippen LogP contribution in [0.1, 0.15) is 50.2 Å². The van der Waals surface area contributed by atoms with Crippen LogP contribution >= 0.6 is 11.8 Å². The summed E-state index contributed by atoms with van der Waals surface area (Å²) < 4.78 is 19.1. The Bertz CT molecular complexity index is 2010. The Kier molecular flexibility index (Phi) is 21.3. The quantitative estimate of drug-likeness (QED) is 0.0223. The molecular formula is C41H62N12O9S. The largest absolute Gasteiger partial charge is 0.496 e. The lowest BCUT2D eigenvalue weighted by Crippen LogP contribution is -2.48. The van der Waals surface area contributed by atoms with Gasteiger partial charge < -0.3 is 61.8 Å². The third kappa shape index (κ3) is 16.9. The van der Waals surface area contributed by atoms with E-state index in [2.05, 4.69) is 65.3 Å². The Morgan fingerprint density at radius 3 is 2.48 bits per heavy atom.